The molecule has 1 aromatic heterocycles. The van der Waals surface area contributed by atoms with E-state index in [0.717, 1.165) is 9.35 Å². The SMILES string of the molecule is O=C(O)C1(Cc2ccsc2Br)CCOC1. The van der Waals surface area contributed by atoms with Crippen LogP contribution in [-0.4, -0.2) is 24.3 Å². The van der Waals surface area contributed by atoms with Gasteiger partial charge in [0.05, 0.1) is 15.8 Å². The summed E-state index contributed by atoms with van der Waals surface area (Å²) in [5.74, 6) is -0.752. The minimum atomic E-state index is -0.752. The maximum Gasteiger partial charge on any atom is 0.312 e. The minimum absolute atomic E-state index is 0.324. The molecule has 5 heteroatoms. The van der Waals surface area contributed by atoms with Gasteiger partial charge in [-0.2, -0.15) is 0 Å². The van der Waals surface area contributed by atoms with Gasteiger partial charge in [0.2, 0.25) is 0 Å². The lowest BCUT2D eigenvalue weighted by Crippen LogP contribution is -2.33. The van der Waals surface area contributed by atoms with Crippen molar-refractivity contribution in [2.75, 3.05) is 13.2 Å². The second-order valence-corrected chi connectivity index (χ2v) is 6.02. The topological polar surface area (TPSA) is 46.5 Å². The van der Waals surface area contributed by atoms with E-state index >= 15 is 0 Å². The number of hydrogen-bond acceptors (Lipinski definition) is 3. The summed E-state index contributed by atoms with van der Waals surface area (Å²) in [5.41, 5.74) is 0.344. The minimum Gasteiger partial charge on any atom is -0.481 e. The highest BCUT2D eigenvalue weighted by atomic mass is 79.9. The molecule has 82 valence electrons. The van der Waals surface area contributed by atoms with Crippen LogP contribution in [0.3, 0.4) is 0 Å². The quantitative estimate of drug-likeness (QED) is 0.931. The second kappa shape index (κ2) is 4.23. The van der Waals surface area contributed by atoms with Gasteiger partial charge in [-0.1, -0.05) is 0 Å². The predicted molar refractivity (Wildman–Crippen MR) is 61.2 cm³/mol. The van der Waals surface area contributed by atoms with Gasteiger partial charge in [0.25, 0.3) is 0 Å². The highest BCUT2D eigenvalue weighted by Gasteiger charge is 2.42. The van der Waals surface area contributed by atoms with Crippen LogP contribution in [-0.2, 0) is 16.0 Å². The zero-order chi connectivity index (χ0) is 10.9. The van der Waals surface area contributed by atoms with E-state index in [-0.39, 0.29) is 0 Å². The highest BCUT2D eigenvalue weighted by Crippen LogP contribution is 2.36. The van der Waals surface area contributed by atoms with E-state index in [2.05, 4.69) is 15.9 Å². The predicted octanol–water partition coefficient (Wildman–Crippen LogP) is 2.54. The van der Waals surface area contributed by atoms with Crippen molar-refractivity contribution < 1.29 is 14.6 Å². The number of carbonyl (C=O) groups is 1. The Hall–Kier alpha value is -0.390. The van der Waals surface area contributed by atoms with Crippen molar-refractivity contribution in [3.05, 3.63) is 20.8 Å². The monoisotopic (exact) mass is 290 g/mol. The molecular weight excluding hydrogens is 280 g/mol. The van der Waals surface area contributed by atoms with E-state index in [1.807, 2.05) is 11.4 Å². The van der Waals surface area contributed by atoms with Gasteiger partial charge >= 0.3 is 5.97 Å². The van der Waals surface area contributed by atoms with Crippen LogP contribution in [0.25, 0.3) is 0 Å². The fourth-order valence-electron chi connectivity index (χ4n) is 1.80. The Morgan fingerprint density at radius 2 is 2.53 bits per heavy atom. The van der Waals surface area contributed by atoms with Crippen LogP contribution in [0, 0.1) is 5.41 Å². The Kier molecular flexibility index (Phi) is 3.13. The lowest BCUT2D eigenvalue weighted by atomic mass is 9.82. The molecule has 0 bridgehead atoms. The molecule has 1 fully saturated rings. The van der Waals surface area contributed by atoms with Crippen LogP contribution >= 0.6 is 27.3 Å². The molecule has 3 nitrogen and oxygen atoms in total. The number of halogens is 1. The molecule has 0 amide bonds. The third-order valence-corrected chi connectivity index (χ3v) is 4.59. The molecule has 1 unspecified atom stereocenters. The van der Waals surface area contributed by atoms with Gasteiger partial charge in [0, 0.05) is 6.61 Å². The first-order valence-corrected chi connectivity index (χ1v) is 6.34. The lowest BCUT2D eigenvalue weighted by molar-refractivity contribution is -0.148. The standard InChI is InChI=1S/C10H11BrO3S/c11-8-7(1-4-15-8)5-10(9(12)13)2-3-14-6-10/h1,4H,2-3,5-6H2,(H,12,13). The summed E-state index contributed by atoms with van der Waals surface area (Å²) < 4.78 is 6.24. The molecule has 0 saturated carbocycles. The van der Waals surface area contributed by atoms with E-state index in [9.17, 15) is 9.90 Å². The van der Waals surface area contributed by atoms with Crippen molar-refractivity contribution >= 4 is 33.2 Å². The number of aliphatic carboxylic acids is 1. The summed E-state index contributed by atoms with van der Waals surface area (Å²) in [6.07, 6.45) is 1.15. The molecule has 0 spiro atoms. The van der Waals surface area contributed by atoms with Gasteiger partial charge in [0.15, 0.2) is 0 Å². The maximum absolute atomic E-state index is 11.3. The molecule has 2 rings (SSSR count). The molecule has 1 aromatic rings. The lowest BCUT2D eigenvalue weighted by Gasteiger charge is -2.21. The first kappa shape index (κ1) is 11.1. The fraction of sp³-hybridized carbons (Fsp3) is 0.500. The van der Waals surface area contributed by atoms with Gasteiger partial charge in [-0.3, -0.25) is 4.79 Å². The highest BCUT2D eigenvalue weighted by molar-refractivity contribution is 9.11. The van der Waals surface area contributed by atoms with E-state index in [4.69, 9.17) is 4.74 Å². The number of carboxylic acids is 1. The van der Waals surface area contributed by atoms with E-state index in [1.54, 1.807) is 11.3 Å². The number of hydrogen-bond donors (Lipinski definition) is 1. The molecule has 1 aliphatic rings. The van der Waals surface area contributed by atoms with Crippen molar-refractivity contribution in [2.24, 2.45) is 5.41 Å². The third kappa shape index (κ3) is 2.09. The van der Waals surface area contributed by atoms with Crippen molar-refractivity contribution in [1.82, 2.24) is 0 Å². The summed E-state index contributed by atoms with van der Waals surface area (Å²) >= 11 is 5.01. The van der Waals surface area contributed by atoms with Gasteiger partial charge in [0.1, 0.15) is 0 Å². The Morgan fingerprint density at radius 1 is 1.73 bits per heavy atom. The van der Waals surface area contributed by atoms with E-state index < -0.39 is 11.4 Å². The average Bonchev–Trinajstić information content (AvgIpc) is 2.78. The molecule has 1 atom stereocenters. The number of thiophene rings is 1. The molecule has 1 N–H and O–H groups in total. The number of rotatable bonds is 3. The third-order valence-electron chi connectivity index (χ3n) is 2.78. The van der Waals surface area contributed by atoms with Crippen molar-refractivity contribution in [3.63, 3.8) is 0 Å². The second-order valence-electron chi connectivity index (χ2n) is 3.78. The molecule has 0 aromatic carbocycles. The summed E-state index contributed by atoms with van der Waals surface area (Å²) in [6.45, 7) is 0.874. The van der Waals surface area contributed by atoms with Crippen molar-refractivity contribution in [1.29, 1.82) is 0 Å². The molecule has 1 saturated heterocycles. The maximum atomic E-state index is 11.3. The number of ether oxygens (including phenoxy) is 1. The van der Waals surface area contributed by atoms with Crippen LogP contribution in [0.1, 0.15) is 12.0 Å². The molecule has 2 heterocycles. The molecule has 0 radical (unpaired) electrons. The average molecular weight is 291 g/mol. The fourth-order valence-corrected chi connectivity index (χ4v) is 3.04. The molecular formula is C10H11BrO3S. The van der Waals surface area contributed by atoms with Crippen LogP contribution in [0.15, 0.2) is 15.2 Å². The van der Waals surface area contributed by atoms with Gasteiger partial charge in [-0.05, 0) is 45.8 Å². The van der Waals surface area contributed by atoms with Crippen LogP contribution in [0.2, 0.25) is 0 Å². The zero-order valence-corrected chi connectivity index (χ0v) is 10.4. The summed E-state index contributed by atoms with van der Waals surface area (Å²) in [4.78, 5) is 11.3. The smallest absolute Gasteiger partial charge is 0.312 e. The largest absolute Gasteiger partial charge is 0.481 e. The summed E-state index contributed by atoms with van der Waals surface area (Å²) in [6, 6.07) is 1.97. The molecule has 1 aliphatic heterocycles. The normalized spacial score (nSPS) is 25.7. The van der Waals surface area contributed by atoms with Gasteiger partial charge in [-0.15, -0.1) is 11.3 Å². The first-order valence-electron chi connectivity index (χ1n) is 4.67. The first-order chi connectivity index (χ1) is 7.14. The van der Waals surface area contributed by atoms with Crippen molar-refractivity contribution in [3.8, 4) is 0 Å². The Labute approximate surface area is 100 Å². The van der Waals surface area contributed by atoms with Gasteiger partial charge in [-0.25, -0.2) is 0 Å². The molecule has 15 heavy (non-hydrogen) atoms. The van der Waals surface area contributed by atoms with Crippen LogP contribution in [0.5, 0.6) is 0 Å². The van der Waals surface area contributed by atoms with Crippen LogP contribution in [0.4, 0.5) is 0 Å². The number of carboxylic acid groups (broad SMARTS) is 1. The Bertz CT molecular complexity index is 368. The Balaban J connectivity index is 2.21. The van der Waals surface area contributed by atoms with Crippen LogP contribution < -0.4 is 0 Å². The van der Waals surface area contributed by atoms with Gasteiger partial charge < -0.3 is 9.84 Å². The van der Waals surface area contributed by atoms with E-state index in [1.165, 1.54) is 0 Å². The summed E-state index contributed by atoms with van der Waals surface area (Å²) in [7, 11) is 0. The van der Waals surface area contributed by atoms with Crippen molar-refractivity contribution in [2.45, 2.75) is 12.8 Å². The zero-order valence-electron chi connectivity index (χ0n) is 8.03. The Morgan fingerprint density at radius 3 is 3.00 bits per heavy atom. The van der Waals surface area contributed by atoms with E-state index in [0.29, 0.717) is 26.1 Å². The molecule has 0 aliphatic carbocycles. The summed E-state index contributed by atoms with van der Waals surface area (Å²) in [5, 5.41) is 11.2.